The summed E-state index contributed by atoms with van der Waals surface area (Å²) in [6.45, 7) is 5.62. The molecule has 3 heteroatoms. The molecule has 0 amide bonds. The summed E-state index contributed by atoms with van der Waals surface area (Å²) in [5, 5.41) is 0. The summed E-state index contributed by atoms with van der Waals surface area (Å²) in [5.74, 6) is -0.945. The summed E-state index contributed by atoms with van der Waals surface area (Å²) in [6, 6.07) is 4.05. The molecule has 2 rings (SSSR count). The lowest BCUT2D eigenvalue weighted by Gasteiger charge is -2.32. The van der Waals surface area contributed by atoms with Gasteiger partial charge in [0, 0.05) is 18.8 Å². The third-order valence-corrected chi connectivity index (χ3v) is 3.28. The minimum atomic E-state index is -0.472. The predicted molar refractivity (Wildman–Crippen MR) is 65.4 cm³/mol. The van der Waals surface area contributed by atoms with Gasteiger partial charge in [0.15, 0.2) is 0 Å². The topological polar surface area (TPSA) is 3.24 Å². The van der Waals surface area contributed by atoms with E-state index in [1.54, 1.807) is 0 Å². The molecule has 0 atom stereocenters. The molecule has 92 valence electrons. The van der Waals surface area contributed by atoms with Crippen molar-refractivity contribution in [2.45, 2.75) is 26.7 Å². The quantitative estimate of drug-likeness (QED) is 0.756. The fourth-order valence-electron chi connectivity index (χ4n) is 2.45. The summed E-state index contributed by atoms with van der Waals surface area (Å²) in [7, 11) is 0. The van der Waals surface area contributed by atoms with Gasteiger partial charge in [0.25, 0.3) is 0 Å². The number of halogens is 2. The Balaban J connectivity index is 2.57. The van der Waals surface area contributed by atoms with E-state index in [0.29, 0.717) is 0 Å². The van der Waals surface area contributed by atoms with E-state index in [0.717, 1.165) is 37.2 Å². The average Bonchev–Trinajstić information content (AvgIpc) is 2.30. The molecule has 0 bridgehead atoms. The van der Waals surface area contributed by atoms with Crippen LogP contribution in [0.3, 0.4) is 0 Å². The Morgan fingerprint density at radius 3 is 2.47 bits per heavy atom. The number of benzene rings is 1. The van der Waals surface area contributed by atoms with Gasteiger partial charge in [-0.2, -0.15) is 0 Å². The number of allylic oxidation sites excluding steroid dienone is 1. The van der Waals surface area contributed by atoms with Gasteiger partial charge < -0.3 is 4.90 Å². The first-order chi connectivity index (χ1) is 8.15. The van der Waals surface area contributed by atoms with Crippen molar-refractivity contribution in [3.05, 3.63) is 41.0 Å². The van der Waals surface area contributed by atoms with Crippen LogP contribution < -0.4 is 0 Å². The Hall–Kier alpha value is -1.38. The first-order valence-electron chi connectivity index (χ1n) is 6.04. The van der Waals surface area contributed by atoms with Gasteiger partial charge in [-0.3, -0.25) is 0 Å². The van der Waals surface area contributed by atoms with Crippen LogP contribution in [0.15, 0.2) is 23.8 Å². The molecule has 0 N–H and O–H groups in total. The van der Waals surface area contributed by atoms with E-state index in [1.165, 1.54) is 18.2 Å². The summed E-state index contributed by atoms with van der Waals surface area (Å²) in [4.78, 5) is 2.06. The highest BCUT2D eigenvalue weighted by Crippen LogP contribution is 2.32. The Labute approximate surface area is 101 Å². The summed E-state index contributed by atoms with van der Waals surface area (Å²) >= 11 is 0. The van der Waals surface area contributed by atoms with Crippen LogP contribution in [0.2, 0.25) is 0 Å². The molecule has 0 fully saturated rings. The second-order valence-corrected chi connectivity index (χ2v) is 4.41. The van der Waals surface area contributed by atoms with Crippen LogP contribution in [0.1, 0.15) is 32.3 Å². The lowest BCUT2D eigenvalue weighted by atomic mass is 9.97. The lowest BCUT2D eigenvalue weighted by molar-refractivity contribution is 0.383. The molecule has 1 aromatic carbocycles. The average molecular weight is 237 g/mol. The fourth-order valence-corrected chi connectivity index (χ4v) is 2.45. The predicted octanol–water partition coefficient (Wildman–Crippen LogP) is 3.81. The Bertz CT molecular complexity index is 431. The normalized spacial score (nSPS) is 16.6. The maximum atomic E-state index is 13.8. The van der Waals surface area contributed by atoms with Gasteiger partial charge in [0.1, 0.15) is 11.6 Å². The Morgan fingerprint density at radius 1 is 1.24 bits per heavy atom. The van der Waals surface area contributed by atoms with Crippen LogP contribution >= 0.6 is 0 Å². The monoisotopic (exact) mass is 237 g/mol. The standard InChI is InChI=1S/C14H17F2N/c1-3-17-9-5-6-10(2)14(17)13-11(15)7-4-8-12(13)16/h4,7-8H,3,5-6,9H2,1-2H3. The van der Waals surface area contributed by atoms with Crippen molar-refractivity contribution >= 4 is 5.70 Å². The molecule has 0 spiro atoms. The first kappa shape index (κ1) is 12.1. The molecule has 0 saturated heterocycles. The molecule has 0 aromatic heterocycles. The fraction of sp³-hybridized carbons (Fsp3) is 0.429. The van der Waals surface area contributed by atoms with E-state index in [1.807, 2.05) is 13.8 Å². The van der Waals surface area contributed by atoms with Gasteiger partial charge in [-0.05, 0) is 44.4 Å². The number of nitrogens with zero attached hydrogens (tertiary/aromatic N) is 1. The summed E-state index contributed by atoms with van der Waals surface area (Å²) in [5.41, 5.74) is 1.95. The van der Waals surface area contributed by atoms with Crippen molar-refractivity contribution in [2.75, 3.05) is 13.1 Å². The van der Waals surface area contributed by atoms with Crippen molar-refractivity contribution in [2.24, 2.45) is 0 Å². The number of hydrogen-bond acceptors (Lipinski definition) is 1. The summed E-state index contributed by atoms with van der Waals surface area (Å²) < 4.78 is 27.6. The van der Waals surface area contributed by atoms with Gasteiger partial charge in [0.05, 0.1) is 5.56 Å². The lowest BCUT2D eigenvalue weighted by Crippen LogP contribution is -2.28. The molecule has 0 unspecified atom stereocenters. The Kier molecular flexibility index (Phi) is 3.46. The van der Waals surface area contributed by atoms with E-state index in [9.17, 15) is 8.78 Å². The zero-order valence-electron chi connectivity index (χ0n) is 10.3. The highest BCUT2D eigenvalue weighted by Gasteiger charge is 2.23. The molecule has 17 heavy (non-hydrogen) atoms. The van der Waals surface area contributed by atoms with E-state index in [-0.39, 0.29) is 5.56 Å². The minimum absolute atomic E-state index is 0.131. The van der Waals surface area contributed by atoms with Crippen LogP contribution in [0.4, 0.5) is 8.78 Å². The zero-order valence-corrected chi connectivity index (χ0v) is 10.3. The van der Waals surface area contributed by atoms with E-state index in [4.69, 9.17) is 0 Å². The maximum absolute atomic E-state index is 13.8. The van der Waals surface area contributed by atoms with Crippen molar-refractivity contribution < 1.29 is 8.78 Å². The molecule has 1 aliphatic heterocycles. The van der Waals surface area contributed by atoms with Crippen molar-refractivity contribution in [1.29, 1.82) is 0 Å². The van der Waals surface area contributed by atoms with Crippen LogP contribution in [-0.4, -0.2) is 18.0 Å². The SMILES string of the molecule is CCN1CCCC(C)=C1c1c(F)cccc1F. The third kappa shape index (κ3) is 2.19. The molecule has 1 aromatic rings. The van der Waals surface area contributed by atoms with E-state index >= 15 is 0 Å². The van der Waals surface area contributed by atoms with Crippen molar-refractivity contribution in [1.82, 2.24) is 4.90 Å². The molecule has 0 aliphatic carbocycles. The van der Waals surface area contributed by atoms with Gasteiger partial charge in [-0.1, -0.05) is 6.07 Å². The molecule has 1 nitrogen and oxygen atoms in total. The second kappa shape index (κ2) is 4.86. The molecule has 1 aliphatic rings. The van der Waals surface area contributed by atoms with Gasteiger partial charge >= 0.3 is 0 Å². The summed E-state index contributed by atoms with van der Waals surface area (Å²) in [6.07, 6.45) is 1.97. The Morgan fingerprint density at radius 2 is 1.88 bits per heavy atom. The number of rotatable bonds is 2. The van der Waals surface area contributed by atoms with Gasteiger partial charge in [0.2, 0.25) is 0 Å². The zero-order chi connectivity index (χ0) is 12.4. The van der Waals surface area contributed by atoms with E-state index in [2.05, 4.69) is 4.90 Å². The highest BCUT2D eigenvalue weighted by atomic mass is 19.1. The second-order valence-electron chi connectivity index (χ2n) is 4.41. The van der Waals surface area contributed by atoms with Crippen molar-refractivity contribution in [3.63, 3.8) is 0 Å². The maximum Gasteiger partial charge on any atom is 0.135 e. The molecule has 0 saturated carbocycles. The molecule has 1 heterocycles. The number of hydrogen-bond donors (Lipinski definition) is 0. The van der Waals surface area contributed by atoms with Crippen LogP contribution in [0.25, 0.3) is 5.70 Å². The van der Waals surface area contributed by atoms with Gasteiger partial charge in [-0.15, -0.1) is 0 Å². The van der Waals surface area contributed by atoms with E-state index < -0.39 is 11.6 Å². The molecular formula is C14H17F2N. The van der Waals surface area contributed by atoms with Crippen LogP contribution in [0.5, 0.6) is 0 Å². The molecular weight excluding hydrogens is 220 g/mol. The van der Waals surface area contributed by atoms with Crippen LogP contribution in [-0.2, 0) is 0 Å². The molecule has 0 radical (unpaired) electrons. The van der Waals surface area contributed by atoms with Crippen LogP contribution in [0, 0.1) is 11.6 Å². The largest absolute Gasteiger partial charge is 0.371 e. The smallest absolute Gasteiger partial charge is 0.135 e. The minimum Gasteiger partial charge on any atom is -0.371 e. The first-order valence-corrected chi connectivity index (χ1v) is 6.04. The van der Waals surface area contributed by atoms with Crippen molar-refractivity contribution in [3.8, 4) is 0 Å². The van der Waals surface area contributed by atoms with Gasteiger partial charge in [-0.25, -0.2) is 8.78 Å². The third-order valence-electron chi connectivity index (χ3n) is 3.28. The highest BCUT2D eigenvalue weighted by molar-refractivity contribution is 5.68.